The molecule has 3 aromatic rings. The lowest BCUT2D eigenvalue weighted by Gasteiger charge is -2.36. The summed E-state index contributed by atoms with van der Waals surface area (Å²) in [5, 5.41) is 0. The molecule has 4 rings (SSSR count). The van der Waals surface area contributed by atoms with Crippen LogP contribution in [-0.4, -0.2) is 37.6 Å². The highest BCUT2D eigenvalue weighted by molar-refractivity contribution is 5.55. The van der Waals surface area contributed by atoms with Crippen LogP contribution in [0.3, 0.4) is 0 Å². The Kier molecular flexibility index (Phi) is 6.21. The van der Waals surface area contributed by atoms with Crippen LogP contribution < -0.4 is 4.90 Å². The third-order valence-electron chi connectivity index (χ3n) is 5.42. The monoisotopic (exact) mass is 368 g/mol. The minimum Gasteiger partial charge on any atom is -0.369 e. The zero-order chi connectivity index (χ0) is 19.0. The van der Waals surface area contributed by atoms with Gasteiger partial charge >= 0.3 is 0 Å². The minimum atomic E-state index is 0.997. The van der Waals surface area contributed by atoms with Gasteiger partial charge in [0.15, 0.2) is 0 Å². The number of hydrogen-bond acceptors (Lipinski definition) is 2. The van der Waals surface area contributed by atoms with Crippen LogP contribution in [0, 0.1) is 0 Å². The second kappa shape index (κ2) is 9.38. The fraction of sp³-hybridized carbons (Fsp3) is 0.231. The summed E-state index contributed by atoms with van der Waals surface area (Å²) in [6.45, 7) is 5.42. The van der Waals surface area contributed by atoms with Gasteiger partial charge in [-0.2, -0.15) is 0 Å². The Balaban J connectivity index is 1.34. The van der Waals surface area contributed by atoms with E-state index in [0.717, 1.165) is 39.1 Å². The molecule has 0 aliphatic carbocycles. The van der Waals surface area contributed by atoms with Crippen LogP contribution in [0.1, 0.15) is 16.7 Å². The van der Waals surface area contributed by atoms with E-state index in [1.807, 2.05) is 0 Å². The summed E-state index contributed by atoms with van der Waals surface area (Å²) < 4.78 is 0. The third-order valence-corrected chi connectivity index (χ3v) is 5.42. The predicted octanol–water partition coefficient (Wildman–Crippen LogP) is 5.11. The fourth-order valence-electron chi connectivity index (χ4n) is 3.86. The first-order valence-corrected chi connectivity index (χ1v) is 10.2. The van der Waals surface area contributed by atoms with Crippen molar-refractivity contribution in [1.82, 2.24) is 4.90 Å². The third kappa shape index (κ3) is 4.90. The van der Waals surface area contributed by atoms with E-state index in [0.29, 0.717) is 0 Å². The van der Waals surface area contributed by atoms with Gasteiger partial charge in [0, 0.05) is 38.4 Å². The minimum absolute atomic E-state index is 0.997. The van der Waals surface area contributed by atoms with Crippen LogP contribution in [0.25, 0.3) is 6.08 Å². The number of nitrogens with zero attached hydrogens (tertiary/aromatic N) is 2. The van der Waals surface area contributed by atoms with Crippen LogP contribution in [-0.2, 0) is 6.42 Å². The Morgan fingerprint density at radius 2 is 1.32 bits per heavy atom. The highest BCUT2D eigenvalue weighted by atomic mass is 15.3. The normalized spacial score (nSPS) is 15.2. The summed E-state index contributed by atoms with van der Waals surface area (Å²) in [4.78, 5) is 5.09. The number of para-hydroxylation sites is 1. The van der Waals surface area contributed by atoms with Crippen LogP contribution in [0.4, 0.5) is 5.69 Å². The molecule has 0 amide bonds. The molecule has 0 N–H and O–H groups in total. The van der Waals surface area contributed by atoms with E-state index >= 15 is 0 Å². The van der Waals surface area contributed by atoms with Crippen LogP contribution in [0.2, 0.25) is 0 Å². The van der Waals surface area contributed by atoms with Crippen molar-refractivity contribution in [3.8, 4) is 0 Å². The number of benzene rings is 3. The average Bonchev–Trinajstić information content (AvgIpc) is 2.76. The van der Waals surface area contributed by atoms with Gasteiger partial charge < -0.3 is 4.90 Å². The van der Waals surface area contributed by atoms with Crippen molar-refractivity contribution < 1.29 is 0 Å². The molecule has 0 saturated carbocycles. The summed E-state index contributed by atoms with van der Waals surface area (Å²) in [5.74, 6) is 0. The molecule has 1 heterocycles. The van der Waals surface area contributed by atoms with Crippen molar-refractivity contribution in [3.05, 3.63) is 108 Å². The maximum Gasteiger partial charge on any atom is 0.0403 e. The topological polar surface area (TPSA) is 6.48 Å². The molecule has 1 saturated heterocycles. The van der Waals surface area contributed by atoms with Crippen LogP contribution in [0.5, 0.6) is 0 Å². The van der Waals surface area contributed by atoms with Crippen molar-refractivity contribution >= 4 is 11.8 Å². The number of anilines is 1. The Morgan fingerprint density at radius 3 is 2.07 bits per heavy atom. The lowest BCUT2D eigenvalue weighted by Crippen LogP contribution is -2.46. The Morgan fingerprint density at radius 1 is 0.679 bits per heavy atom. The molecule has 1 aliphatic heterocycles. The molecule has 0 radical (unpaired) electrons. The van der Waals surface area contributed by atoms with Gasteiger partial charge in [-0.05, 0) is 29.2 Å². The molecule has 142 valence electrons. The van der Waals surface area contributed by atoms with Crippen molar-refractivity contribution in [1.29, 1.82) is 0 Å². The largest absolute Gasteiger partial charge is 0.369 e. The molecule has 3 aromatic carbocycles. The predicted molar refractivity (Wildman–Crippen MR) is 120 cm³/mol. The molecular formula is C26H28N2. The highest BCUT2D eigenvalue weighted by Crippen LogP contribution is 2.24. The molecule has 0 aromatic heterocycles. The van der Waals surface area contributed by atoms with E-state index < -0.39 is 0 Å². The van der Waals surface area contributed by atoms with Crippen LogP contribution >= 0.6 is 0 Å². The SMILES string of the molecule is C(=C\c1ccccc1)/CN1CCN(c2ccccc2Cc2ccccc2)CC1. The first-order chi connectivity index (χ1) is 13.9. The standard InChI is InChI=1S/C26H28N2/c1-3-10-23(11-4-1)14-9-17-27-18-20-28(21-19-27)26-16-8-7-15-25(26)22-24-12-5-2-6-13-24/h1-16H,17-22H2/b14-9+. The molecule has 0 unspecified atom stereocenters. The van der Waals surface area contributed by atoms with E-state index in [2.05, 4.69) is 107 Å². The molecule has 0 atom stereocenters. The first kappa shape index (κ1) is 18.5. The van der Waals surface area contributed by atoms with Gasteiger partial charge in [-0.3, -0.25) is 4.90 Å². The molecule has 0 spiro atoms. The second-order valence-corrected chi connectivity index (χ2v) is 7.39. The van der Waals surface area contributed by atoms with E-state index in [-0.39, 0.29) is 0 Å². The highest BCUT2D eigenvalue weighted by Gasteiger charge is 2.18. The molecule has 2 heteroatoms. The zero-order valence-corrected chi connectivity index (χ0v) is 16.4. The maximum absolute atomic E-state index is 2.55. The van der Waals surface area contributed by atoms with Gasteiger partial charge in [-0.25, -0.2) is 0 Å². The Bertz CT molecular complexity index is 879. The number of rotatable bonds is 6. The van der Waals surface area contributed by atoms with Gasteiger partial charge in [0.25, 0.3) is 0 Å². The maximum atomic E-state index is 2.55. The van der Waals surface area contributed by atoms with E-state index in [1.54, 1.807) is 0 Å². The van der Waals surface area contributed by atoms with E-state index in [1.165, 1.54) is 22.4 Å². The van der Waals surface area contributed by atoms with Gasteiger partial charge in [0.2, 0.25) is 0 Å². The lowest BCUT2D eigenvalue weighted by atomic mass is 10.0. The molecule has 1 aliphatic rings. The summed E-state index contributed by atoms with van der Waals surface area (Å²) in [5.41, 5.74) is 5.47. The summed E-state index contributed by atoms with van der Waals surface area (Å²) in [7, 11) is 0. The van der Waals surface area contributed by atoms with Crippen molar-refractivity contribution in [3.63, 3.8) is 0 Å². The zero-order valence-electron chi connectivity index (χ0n) is 16.4. The van der Waals surface area contributed by atoms with E-state index in [4.69, 9.17) is 0 Å². The molecule has 1 fully saturated rings. The summed E-state index contributed by atoms with van der Waals surface area (Å²) in [6, 6.07) is 30.2. The number of piperazine rings is 1. The Labute approximate surface area is 168 Å². The molecular weight excluding hydrogens is 340 g/mol. The van der Waals surface area contributed by atoms with Gasteiger partial charge in [-0.1, -0.05) is 91.0 Å². The lowest BCUT2D eigenvalue weighted by molar-refractivity contribution is 0.284. The smallest absolute Gasteiger partial charge is 0.0403 e. The second-order valence-electron chi connectivity index (χ2n) is 7.39. The molecule has 2 nitrogen and oxygen atoms in total. The summed E-state index contributed by atoms with van der Waals surface area (Å²) >= 11 is 0. The molecule has 0 bridgehead atoms. The van der Waals surface area contributed by atoms with Crippen LogP contribution in [0.15, 0.2) is 91.0 Å². The van der Waals surface area contributed by atoms with Crippen molar-refractivity contribution in [2.75, 3.05) is 37.6 Å². The van der Waals surface area contributed by atoms with Crippen molar-refractivity contribution in [2.45, 2.75) is 6.42 Å². The quantitative estimate of drug-likeness (QED) is 0.596. The van der Waals surface area contributed by atoms with Gasteiger partial charge in [0.1, 0.15) is 0 Å². The Hall–Kier alpha value is -2.84. The van der Waals surface area contributed by atoms with Crippen molar-refractivity contribution in [2.24, 2.45) is 0 Å². The summed E-state index contributed by atoms with van der Waals surface area (Å²) in [6.07, 6.45) is 5.51. The molecule has 28 heavy (non-hydrogen) atoms. The van der Waals surface area contributed by atoms with Gasteiger partial charge in [0.05, 0.1) is 0 Å². The fourth-order valence-corrected chi connectivity index (χ4v) is 3.86. The first-order valence-electron chi connectivity index (χ1n) is 10.2. The van der Waals surface area contributed by atoms with Gasteiger partial charge in [-0.15, -0.1) is 0 Å². The van der Waals surface area contributed by atoms with E-state index in [9.17, 15) is 0 Å². The number of hydrogen-bond donors (Lipinski definition) is 0. The average molecular weight is 369 g/mol.